The number of ether oxygens (including phenoxy) is 1. The largest absolute Gasteiger partial charge is 0.497 e. The summed E-state index contributed by atoms with van der Waals surface area (Å²) in [6.07, 6.45) is 3.78. The molecule has 2 aromatic heterocycles. The van der Waals surface area contributed by atoms with E-state index in [1.54, 1.807) is 12.0 Å². The first-order valence-corrected chi connectivity index (χ1v) is 11.3. The lowest BCUT2D eigenvalue weighted by Crippen LogP contribution is -2.28. The molecule has 0 aliphatic carbocycles. The molecule has 1 aromatic carbocycles. The first kappa shape index (κ1) is 21.9. The molecule has 1 amide bonds. The second-order valence-corrected chi connectivity index (χ2v) is 8.61. The maximum atomic E-state index is 13.1. The van der Waals surface area contributed by atoms with E-state index in [9.17, 15) is 4.79 Å². The number of nitrogens with zero attached hydrogens (tertiary/aromatic N) is 4. The number of amidine groups is 1. The monoisotopic (exact) mass is 446 g/mol. The molecule has 32 heavy (non-hydrogen) atoms. The number of aryl methyl sites for hydroxylation is 2. The molecule has 1 aliphatic rings. The van der Waals surface area contributed by atoms with E-state index in [-0.39, 0.29) is 5.91 Å². The third-order valence-corrected chi connectivity index (χ3v) is 6.40. The lowest BCUT2D eigenvalue weighted by atomic mass is 10.2. The number of aliphatic imine (C=N–C) groups is 1. The Morgan fingerprint density at radius 2 is 1.88 bits per heavy atom. The molecule has 0 atom stereocenters. The van der Waals surface area contributed by atoms with E-state index in [2.05, 4.69) is 42.5 Å². The highest BCUT2D eigenvalue weighted by atomic mass is 32.2. The molecule has 0 N–H and O–H groups in total. The molecule has 4 rings (SSSR count). The SMILES string of the molecule is CCN1C(=O)/C(=C\c2cc(C)n(-c3cc(C)ccn3)c2C)SC1=Nc1ccc(OC)cc1. The Bertz CT molecular complexity index is 1230. The smallest absolute Gasteiger partial charge is 0.266 e. The lowest BCUT2D eigenvalue weighted by molar-refractivity contribution is -0.122. The molecule has 0 bridgehead atoms. The van der Waals surface area contributed by atoms with Crippen LogP contribution in [0.25, 0.3) is 11.9 Å². The van der Waals surface area contributed by atoms with Crippen LogP contribution in [0.1, 0.15) is 29.4 Å². The van der Waals surface area contributed by atoms with Crippen LogP contribution in [-0.4, -0.2) is 39.2 Å². The van der Waals surface area contributed by atoms with Crippen molar-refractivity contribution in [3.63, 3.8) is 0 Å². The van der Waals surface area contributed by atoms with Crippen molar-refractivity contribution in [2.75, 3.05) is 13.7 Å². The summed E-state index contributed by atoms with van der Waals surface area (Å²) in [4.78, 5) is 24.7. The van der Waals surface area contributed by atoms with E-state index >= 15 is 0 Å². The number of hydrogen-bond donors (Lipinski definition) is 0. The topological polar surface area (TPSA) is 59.7 Å². The average Bonchev–Trinajstić information content (AvgIpc) is 3.23. The third-order valence-electron chi connectivity index (χ3n) is 5.39. The number of thioether (sulfide) groups is 1. The van der Waals surface area contributed by atoms with Gasteiger partial charge >= 0.3 is 0 Å². The van der Waals surface area contributed by atoms with Gasteiger partial charge in [-0.2, -0.15) is 0 Å². The minimum absolute atomic E-state index is 0.0248. The molecule has 164 valence electrons. The molecular formula is C25H26N4O2S. The van der Waals surface area contributed by atoms with Crippen LogP contribution in [0.15, 0.2) is 58.6 Å². The van der Waals surface area contributed by atoms with Crippen LogP contribution in [0, 0.1) is 20.8 Å². The summed E-state index contributed by atoms with van der Waals surface area (Å²) >= 11 is 1.40. The zero-order valence-corrected chi connectivity index (χ0v) is 19.7. The van der Waals surface area contributed by atoms with Crippen molar-refractivity contribution < 1.29 is 9.53 Å². The summed E-state index contributed by atoms with van der Waals surface area (Å²) in [6, 6.07) is 13.6. The lowest BCUT2D eigenvalue weighted by Gasteiger charge is -2.12. The van der Waals surface area contributed by atoms with Crippen molar-refractivity contribution >= 4 is 34.6 Å². The van der Waals surface area contributed by atoms with E-state index in [1.165, 1.54) is 11.8 Å². The van der Waals surface area contributed by atoms with Gasteiger partial charge in [-0.25, -0.2) is 9.98 Å². The number of amides is 1. The predicted molar refractivity (Wildman–Crippen MR) is 131 cm³/mol. The Balaban J connectivity index is 1.68. The van der Waals surface area contributed by atoms with E-state index < -0.39 is 0 Å². The molecule has 0 radical (unpaired) electrons. The van der Waals surface area contributed by atoms with Gasteiger partial charge in [0.05, 0.1) is 17.7 Å². The van der Waals surface area contributed by atoms with Gasteiger partial charge in [0, 0.05) is 24.1 Å². The van der Waals surface area contributed by atoms with Gasteiger partial charge in [-0.05, 0) is 99.1 Å². The van der Waals surface area contributed by atoms with Crippen LogP contribution in [0.4, 0.5) is 5.69 Å². The summed E-state index contributed by atoms with van der Waals surface area (Å²) in [5, 5.41) is 0.683. The Morgan fingerprint density at radius 1 is 1.12 bits per heavy atom. The molecule has 0 spiro atoms. The Kier molecular flexibility index (Phi) is 6.19. The van der Waals surface area contributed by atoms with E-state index in [0.29, 0.717) is 16.6 Å². The van der Waals surface area contributed by atoms with Gasteiger partial charge in [-0.1, -0.05) is 0 Å². The first-order chi connectivity index (χ1) is 15.4. The fraction of sp³-hybridized carbons (Fsp3) is 0.240. The van der Waals surface area contributed by atoms with Crippen LogP contribution in [0.5, 0.6) is 5.75 Å². The summed E-state index contributed by atoms with van der Waals surface area (Å²) < 4.78 is 7.33. The summed E-state index contributed by atoms with van der Waals surface area (Å²) in [7, 11) is 1.63. The normalized spacial score (nSPS) is 16.4. The number of carbonyl (C=O) groups is 1. The van der Waals surface area contributed by atoms with Crippen molar-refractivity contribution in [1.82, 2.24) is 14.5 Å². The molecule has 1 aliphatic heterocycles. The number of aromatic nitrogens is 2. The molecule has 3 heterocycles. The zero-order valence-electron chi connectivity index (χ0n) is 18.9. The van der Waals surface area contributed by atoms with Gasteiger partial charge in [0.25, 0.3) is 5.91 Å². The zero-order chi connectivity index (χ0) is 22.8. The van der Waals surface area contributed by atoms with Gasteiger partial charge in [0.15, 0.2) is 5.17 Å². The molecule has 1 fully saturated rings. The summed E-state index contributed by atoms with van der Waals surface area (Å²) in [6.45, 7) is 8.68. The molecular weight excluding hydrogens is 420 g/mol. The standard InChI is InChI=1S/C25H26N4O2S/c1-6-28-24(30)22(32-25(28)27-20-7-9-21(31-5)10-8-20)15-19-14-17(3)29(18(19)4)23-13-16(2)11-12-26-23/h7-15H,6H2,1-5H3/b22-15+,27-25?. The number of rotatable bonds is 5. The van der Waals surface area contributed by atoms with Crippen molar-refractivity contribution in [2.45, 2.75) is 27.7 Å². The van der Waals surface area contributed by atoms with E-state index in [1.807, 2.05) is 49.5 Å². The van der Waals surface area contributed by atoms with E-state index in [0.717, 1.165) is 39.8 Å². The van der Waals surface area contributed by atoms with Crippen LogP contribution in [0.2, 0.25) is 0 Å². The van der Waals surface area contributed by atoms with Crippen molar-refractivity contribution in [3.8, 4) is 11.6 Å². The van der Waals surface area contributed by atoms with Gasteiger partial charge in [-0.15, -0.1) is 0 Å². The number of likely N-dealkylation sites (N-methyl/N-ethyl adjacent to an activating group) is 1. The van der Waals surface area contributed by atoms with Crippen molar-refractivity contribution in [1.29, 1.82) is 0 Å². The molecule has 7 heteroatoms. The first-order valence-electron chi connectivity index (χ1n) is 10.5. The average molecular weight is 447 g/mol. The van der Waals surface area contributed by atoms with E-state index in [4.69, 9.17) is 9.73 Å². The highest BCUT2D eigenvalue weighted by Crippen LogP contribution is 2.35. The number of carbonyl (C=O) groups excluding carboxylic acids is 1. The number of benzene rings is 1. The van der Waals surface area contributed by atoms with Gasteiger partial charge in [-0.3, -0.25) is 9.69 Å². The minimum atomic E-state index is -0.0248. The third kappa shape index (κ3) is 4.21. The highest BCUT2D eigenvalue weighted by molar-refractivity contribution is 8.18. The Hall–Kier alpha value is -3.32. The summed E-state index contributed by atoms with van der Waals surface area (Å²) in [5.74, 6) is 1.63. The number of hydrogen-bond acceptors (Lipinski definition) is 5. The van der Waals surface area contributed by atoms with Gasteiger partial charge in [0.1, 0.15) is 11.6 Å². The van der Waals surface area contributed by atoms with Crippen LogP contribution >= 0.6 is 11.8 Å². The fourth-order valence-corrected chi connectivity index (χ4v) is 4.76. The molecule has 3 aromatic rings. The number of methoxy groups -OCH3 is 1. The second-order valence-electron chi connectivity index (χ2n) is 7.61. The molecule has 1 saturated heterocycles. The Morgan fingerprint density at radius 3 is 2.53 bits per heavy atom. The molecule has 0 unspecified atom stereocenters. The van der Waals surface area contributed by atoms with Gasteiger partial charge < -0.3 is 9.30 Å². The minimum Gasteiger partial charge on any atom is -0.497 e. The number of pyridine rings is 1. The Labute approximate surface area is 192 Å². The maximum absolute atomic E-state index is 13.1. The second kappa shape index (κ2) is 9.04. The quantitative estimate of drug-likeness (QED) is 0.490. The van der Waals surface area contributed by atoms with Crippen LogP contribution in [0.3, 0.4) is 0 Å². The predicted octanol–water partition coefficient (Wildman–Crippen LogP) is 5.43. The van der Waals surface area contributed by atoms with Gasteiger partial charge in [0.2, 0.25) is 0 Å². The molecule has 6 nitrogen and oxygen atoms in total. The van der Waals surface area contributed by atoms with Crippen molar-refractivity contribution in [2.24, 2.45) is 4.99 Å². The maximum Gasteiger partial charge on any atom is 0.266 e. The van der Waals surface area contributed by atoms with Crippen LogP contribution in [-0.2, 0) is 4.79 Å². The van der Waals surface area contributed by atoms with Crippen molar-refractivity contribution in [3.05, 3.63) is 76.1 Å². The highest BCUT2D eigenvalue weighted by Gasteiger charge is 2.32. The fourth-order valence-electron chi connectivity index (χ4n) is 3.71. The summed E-state index contributed by atoms with van der Waals surface area (Å²) in [5.41, 5.74) is 5.06. The molecule has 0 saturated carbocycles. The van der Waals surface area contributed by atoms with Crippen LogP contribution < -0.4 is 4.74 Å².